The number of rotatable bonds is 3. The molecule has 7 heteroatoms. The van der Waals surface area contributed by atoms with Gasteiger partial charge in [-0.3, -0.25) is 4.79 Å². The molecule has 0 aliphatic carbocycles. The number of aliphatic carboxylic acids is 1. The number of benzene rings is 2. The van der Waals surface area contributed by atoms with Gasteiger partial charge in [0.25, 0.3) is 5.91 Å². The van der Waals surface area contributed by atoms with Crippen molar-refractivity contribution in [2.75, 3.05) is 5.75 Å². The number of nitrogens with zero attached hydrogens (tertiary/aromatic N) is 1. The summed E-state index contributed by atoms with van der Waals surface area (Å²) in [6, 6.07) is 13.3. The Kier molecular flexibility index (Phi) is 5.18. The Bertz CT molecular complexity index is 801. The number of carboxylic acids is 1. The van der Waals surface area contributed by atoms with Gasteiger partial charge in [-0.2, -0.15) is 0 Å². The number of hydrogen-bond donors (Lipinski definition) is 1. The molecule has 1 aliphatic rings. The number of carboxylic acid groups (broad SMARTS) is 1. The van der Waals surface area contributed by atoms with Crippen LogP contribution in [0, 0.1) is 0 Å². The van der Waals surface area contributed by atoms with Gasteiger partial charge in [0.2, 0.25) is 0 Å². The molecule has 0 aromatic heterocycles. The number of carbonyl (C=O) groups excluding carboxylic acids is 1. The van der Waals surface area contributed by atoms with E-state index in [0.717, 1.165) is 10.0 Å². The molecule has 0 spiro atoms. The van der Waals surface area contributed by atoms with Crippen molar-refractivity contribution in [1.29, 1.82) is 0 Å². The maximum atomic E-state index is 13.0. The van der Waals surface area contributed by atoms with Gasteiger partial charge in [-0.15, -0.1) is 11.8 Å². The number of amides is 1. The lowest BCUT2D eigenvalue weighted by Crippen LogP contribution is -2.43. The quantitative estimate of drug-likeness (QED) is 0.788. The summed E-state index contributed by atoms with van der Waals surface area (Å²) in [5, 5.41) is 9.62. The van der Waals surface area contributed by atoms with Crippen molar-refractivity contribution in [1.82, 2.24) is 4.90 Å². The van der Waals surface area contributed by atoms with Gasteiger partial charge >= 0.3 is 5.97 Å². The van der Waals surface area contributed by atoms with E-state index in [9.17, 15) is 14.7 Å². The van der Waals surface area contributed by atoms with E-state index in [4.69, 9.17) is 11.6 Å². The van der Waals surface area contributed by atoms with Gasteiger partial charge < -0.3 is 10.0 Å². The molecule has 2 aromatic carbocycles. The Morgan fingerprint density at radius 2 is 1.96 bits per heavy atom. The third-order valence-electron chi connectivity index (χ3n) is 3.76. The Balaban J connectivity index is 2.02. The van der Waals surface area contributed by atoms with Crippen molar-refractivity contribution in [2.24, 2.45) is 0 Å². The van der Waals surface area contributed by atoms with Crippen LogP contribution < -0.4 is 0 Å². The van der Waals surface area contributed by atoms with E-state index in [1.54, 1.807) is 30.3 Å². The zero-order valence-electron chi connectivity index (χ0n) is 12.4. The molecule has 1 aliphatic heterocycles. The first-order valence-electron chi connectivity index (χ1n) is 7.16. The lowest BCUT2D eigenvalue weighted by Gasteiger charge is -2.28. The minimum Gasteiger partial charge on any atom is -0.480 e. The summed E-state index contributed by atoms with van der Waals surface area (Å²) in [6.07, 6.45) is 0. The summed E-state index contributed by atoms with van der Waals surface area (Å²) in [7, 11) is 0. The van der Waals surface area contributed by atoms with Crippen LogP contribution in [-0.4, -0.2) is 33.7 Å². The average Bonchev–Trinajstić information content (AvgIpc) is 2.99. The Labute approximate surface area is 156 Å². The van der Waals surface area contributed by atoms with Crippen molar-refractivity contribution in [3.05, 3.63) is 69.2 Å². The normalized spacial score (nSPS) is 20.2. The monoisotopic (exact) mass is 425 g/mol. The van der Waals surface area contributed by atoms with Crippen LogP contribution in [-0.2, 0) is 4.79 Å². The fourth-order valence-electron chi connectivity index (χ4n) is 2.63. The molecule has 124 valence electrons. The van der Waals surface area contributed by atoms with Crippen molar-refractivity contribution >= 4 is 51.2 Å². The number of thioether (sulfide) groups is 1. The molecule has 1 heterocycles. The predicted octanol–water partition coefficient (Wildman–Crippen LogP) is 4.44. The fourth-order valence-corrected chi connectivity index (χ4v) is 4.79. The smallest absolute Gasteiger partial charge is 0.327 e. The van der Waals surface area contributed by atoms with E-state index in [0.29, 0.717) is 16.3 Å². The minimum absolute atomic E-state index is 0.321. The van der Waals surface area contributed by atoms with Gasteiger partial charge in [0.1, 0.15) is 11.4 Å². The van der Waals surface area contributed by atoms with Crippen LogP contribution in [0.15, 0.2) is 53.0 Å². The van der Waals surface area contributed by atoms with E-state index in [1.807, 2.05) is 18.2 Å². The fraction of sp³-hybridized carbons (Fsp3) is 0.176. The van der Waals surface area contributed by atoms with Gasteiger partial charge in [-0.1, -0.05) is 51.8 Å². The third-order valence-corrected chi connectivity index (χ3v) is 5.91. The van der Waals surface area contributed by atoms with Crippen LogP contribution in [0.1, 0.15) is 21.3 Å². The summed E-state index contributed by atoms with van der Waals surface area (Å²) in [5.41, 5.74) is 1.19. The summed E-state index contributed by atoms with van der Waals surface area (Å²) >= 11 is 11.0. The van der Waals surface area contributed by atoms with Crippen molar-refractivity contribution in [2.45, 2.75) is 11.4 Å². The highest BCUT2D eigenvalue weighted by Gasteiger charge is 2.43. The number of halogens is 2. The predicted molar refractivity (Wildman–Crippen MR) is 98.4 cm³/mol. The van der Waals surface area contributed by atoms with Gasteiger partial charge in [0, 0.05) is 26.4 Å². The Hall–Kier alpha value is -1.50. The van der Waals surface area contributed by atoms with Crippen LogP contribution >= 0.6 is 39.3 Å². The molecular weight excluding hydrogens is 414 g/mol. The van der Waals surface area contributed by atoms with Crippen molar-refractivity contribution in [3.8, 4) is 0 Å². The molecule has 2 unspecified atom stereocenters. The molecule has 1 amide bonds. The molecule has 24 heavy (non-hydrogen) atoms. The molecule has 0 saturated carbocycles. The minimum atomic E-state index is -1.01. The second kappa shape index (κ2) is 7.17. The van der Waals surface area contributed by atoms with E-state index in [2.05, 4.69) is 15.9 Å². The van der Waals surface area contributed by atoms with Crippen LogP contribution in [0.25, 0.3) is 0 Å². The molecule has 2 aromatic rings. The second-order valence-electron chi connectivity index (χ2n) is 5.28. The van der Waals surface area contributed by atoms with E-state index in [1.165, 1.54) is 16.7 Å². The topological polar surface area (TPSA) is 57.6 Å². The Morgan fingerprint density at radius 1 is 1.21 bits per heavy atom. The molecule has 1 saturated heterocycles. The zero-order valence-corrected chi connectivity index (χ0v) is 15.5. The SMILES string of the molecule is O=C(O)C1CSC(c2ccccc2Cl)N1C(=O)c1cccc(Br)c1. The largest absolute Gasteiger partial charge is 0.480 e. The van der Waals surface area contributed by atoms with Crippen molar-refractivity contribution in [3.63, 3.8) is 0 Å². The molecule has 1 N–H and O–H groups in total. The molecule has 0 radical (unpaired) electrons. The summed E-state index contributed by atoms with van der Waals surface area (Å²) in [6.45, 7) is 0. The second-order valence-corrected chi connectivity index (χ2v) is 7.72. The highest BCUT2D eigenvalue weighted by molar-refractivity contribution is 9.10. The first-order valence-corrected chi connectivity index (χ1v) is 9.38. The average molecular weight is 427 g/mol. The maximum absolute atomic E-state index is 13.0. The maximum Gasteiger partial charge on any atom is 0.327 e. The molecule has 2 atom stereocenters. The number of carbonyl (C=O) groups is 2. The summed E-state index contributed by atoms with van der Waals surface area (Å²) in [5.74, 6) is -1.01. The molecule has 3 rings (SSSR count). The molecule has 0 bridgehead atoms. The highest BCUT2D eigenvalue weighted by atomic mass is 79.9. The van der Waals surface area contributed by atoms with Crippen molar-refractivity contribution < 1.29 is 14.7 Å². The van der Waals surface area contributed by atoms with E-state index in [-0.39, 0.29) is 5.91 Å². The Morgan fingerprint density at radius 3 is 2.62 bits per heavy atom. The lowest BCUT2D eigenvalue weighted by atomic mass is 10.1. The number of hydrogen-bond acceptors (Lipinski definition) is 3. The van der Waals surface area contributed by atoms with Crippen LogP contribution in [0.3, 0.4) is 0 Å². The summed E-state index contributed by atoms with van der Waals surface area (Å²) in [4.78, 5) is 26.0. The van der Waals surface area contributed by atoms with E-state index < -0.39 is 17.4 Å². The standard InChI is InChI=1S/C17H13BrClNO3S/c18-11-5-3-4-10(8-11)15(21)20-14(17(22)23)9-24-16(20)12-6-1-2-7-13(12)19/h1-8,14,16H,9H2,(H,22,23). The first kappa shape index (κ1) is 17.3. The molecule has 4 nitrogen and oxygen atoms in total. The first-order chi connectivity index (χ1) is 11.5. The highest BCUT2D eigenvalue weighted by Crippen LogP contribution is 2.44. The lowest BCUT2D eigenvalue weighted by molar-refractivity contribution is -0.141. The summed E-state index contributed by atoms with van der Waals surface area (Å²) < 4.78 is 0.765. The molecular formula is C17H13BrClNO3S. The van der Waals surface area contributed by atoms with Gasteiger partial charge in [-0.25, -0.2) is 4.79 Å². The van der Waals surface area contributed by atoms with E-state index >= 15 is 0 Å². The van der Waals surface area contributed by atoms with Gasteiger partial charge in [-0.05, 0) is 24.3 Å². The van der Waals surface area contributed by atoms with Crippen LogP contribution in [0.4, 0.5) is 0 Å². The van der Waals surface area contributed by atoms with Gasteiger partial charge in [0.15, 0.2) is 0 Å². The van der Waals surface area contributed by atoms with Crippen LogP contribution in [0.5, 0.6) is 0 Å². The van der Waals surface area contributed by atoms with Gasteiger partial charge in [0.05, 0.1) is 0 Å². The zero-order chi connectivity index (χ0) is 17.3. The third kappa shape index (κ3) is 3.31. The molecule has 1 fully saturated rings. The van der Waals surface area contributed by atoms with Crippen LogP contribution in [0.2, 0.25) is 5.02 Å².